The molecule has 0 spiro atoms. The van der Waals surface area contributed by atoms with Crippen LogP contribution in [0.4, 0.5) is 0 Å². The number of carboxylic acids is 1. The van der Waals surface area contributed by atoms with E-state index in [1.54, 1.807) is 24.3 Å². The van der Waals surface area contributed by atoms with E-state index in [1.807, 2.05) is 35.8 Å². The number of likely N-dealkylation sites (tertiary alicyclic amines) is 1. The van der Waals surface area contributed by atoms with Gasteiger partial charge in [0, 0.05) is 48.4 Å². The highest BCUT2D eigenvalue weighted by atomic mass is 32.1. The molecule has 2 aromatic heterocycles. The molecule has 1 aliphatic heterocycles. The summed E-state index contributed by atoms with van der Waals surface area (Å²) in [5.41, 5.74) is 7.92. The lowest BCUT2D eigenvalue weighted by Gasteiger charge is -2.41. The van der Waals surface area contributed by atoms with Gasteiger partial charge in [-0.25, -0.2) is 4.98 Å². The van der Waals surface area contributed by atoms with Crippen molar-refractivity contribution in [3.05, 3.63) is 52.6 Å². The monoisotopic (exact) mass is 497 g/mol. The lowest BCUT2D eigenvalue weighted by molar-refractivity contribution is -0.155. The standard InChI is InChI=1S/C25H31N5O4S/c1-24(2,26)22(32)29-20(10-16-12-27-19-7-4-3-6-18(16)19)21(31)30-9-5-8-25(14-30,23(33)34)11-17-13-35-15-28-17/h3-4,6-7,12-13,15,20,27H,5,8-11,14,26H2,1-2H3,(H,29,32)(H,33,34)/t20-,25-/m1/s1. The van der Waals surface area contributed by atoms with Crippen LogP contribution in [0, 0.1) is 5.41 Å². The van der Waals surface area contributed by atoms with Gasteiger partial charge in [0.25, 0.3) is 0 Å². The van der Waals surface area contributed by atoms with Gasteiger partial charge in [0.15, 0.2) is 0 Å². The number of carboxylic acid groups (broad SMARTS) is 1. The average molecular weight is 498 g/mol. The van der Waals surface area contributed by atoms with Crippen molar-refractivity contribution >= 4 is 40.0 Å². The molecule has 2 amide bonds. The zero-order chi connectivity index (χ0) is 25.2. The number of aromatic nitrogens is 2. The van der Waals surface area contributed by atoms with Crippen molar-refractivity contribution in [2.24, 2.45) is 11.1 Å². The van der Waals surface area contributed by atoms with Gasteiger partial charge in [-0.3, -0.25) is 14.4 Å². The van der Waals surface area contributed by atoms with Crippen LogP contribution in [0.1, 0.15) is 37.9 Å². The number of H-pyrrole nitrogens is 1. The second-order valence-corrected chi connectivity index (χ2v) is 10.6. The minimum atomic E-state index is -1.17. The number of aliphatic carboxylic acids is 1. The SMILES string of the molecule is CC(C)(N)C(=O)N[C@H](Cc1c[nH]c2ccccc12)C(=O)N1CCC[C@](Cc2cscn2)(C(=O)O)C1. The van der Waals surface area contributed by atoms with E-state index in [4.69, 9.17) is 5.73 Å². The lowest BCUT2D eigenvalue weighted by Crippen LogP contribution is -2.59. The van der Waals surface area contributed by atoms with Gasteiger partial charge in [0.2, 0.25) is 11.8 Å². The summed E-state index contributed by atoms with van der Waals surface area (Å²) in [6, 6.07) is 6.87. The first kappa shape index (κ1) is 24.9. The predicted octanol–water partition coefficient (Wildman–Crippen LogP) is 2.33. The van der Waals surface area contributed by atoms with Gasteiger partial charge in [0.05, 0.1) is 22.2 Å². The predicted molar refractivity (Wildman–Crippen MR) is 134 cm³/mol. The van der Waals surface area contributed by atoms with Crippen LogP contribution in [0.5, 0.6) is 0 Å². The number of thiazole rings is 1. The van der Waals surface area contributed by atoms with Crippen LogP contribution in [-0.4, -0.2) is 62.4 Å². The number of hydrogen-bond acceptors (Lipinski definition) is 6. The van der Waals surface area contributed by atoms with Gasteiger partial charge in [-0.1, -0.05) is 18.2 Å². The summed E-state index contributed by atoms with van der Waals surface area (Å²) in [7, 11) is 0. The largest absolute Gasteiger partial charge is 0.481 e. The number of nitrogens with two attached hydrogens (primary N) is 1. The van der Waals surface area contributed by atoms with Gasteiger partial charge in [-0.2, -0.15) is 0 Å². The molecule has 1 aliphatic rings. The zero-order valence-corrected chi connectivity index (χ0v) is 20.7. The Kier molecular flexibility index (Phi) is 6.95. The molecular weight excluding hydrogens is 466 g/mol. The van der Waals surface area contributed by atoms with Crippen LogP contribution < -0.4 is 11.1 Å². The van der Waals surface area contributed by atoms with Gasteiger partial charge in [-0.15, -0.1) is 11.3 Å². The highest BCUT2D eigenvalue weighted by Crippen LogP contribution is 2.35. The highest BCUT2D eigenvalue weighted by Gasteiger charge is 2.45. The van der Waals surface area contributed by atoms with E-state index in [0.717, 1.165) is 16.5 Å². The van der Waals surface area contributed by atoms with Crippen LogP contribution >= 0.6 is 11.3 Å². The molecule has 1 saturated heterocycles. The fraction of sp³-hybridized carbons (Fsp3) is 0.440. The summed E-state index contributed by atoms with van der Waals surface area (Å²) in [6.07, 6.45) is 3.36. The molecule has 186 valence electrons. The summed E-state index contributed by atoms with van der Waals surface area (Å²) < 4.78 is 0. The molecule has 4 rings (SSSR count). The number of fused-ring (bicyclic) bond motifs is 1. The van der Waals surface area contributed by atoms with Crippen molar-refractivity contribution in [1.29, 1.82) is 0 Å². The van der Waals surface area contributed by atoms with Crippen molar-refractivity contribution in [3.63, 3.8) is 0 Å². The minimum absolute atomic E-state index is 0.0605. The van der Waals surface area contributed by atoms with Crippen molar-refractivity contribution < 1.29 is 19.5 Å². The van der Waals surface area contributed by atoms with Crippen molar-refractivity contribution in [1.82, 2.24) is 20.2 Å². The maximum atomic E-state index is 13.8. The highest BCUT2D eigenvalue weighted by molar-refractivity contribution is 7.07. The quantitative estimate of drug-likeness (QED) is 0.376. The molecule has 2 atom stereocenters. The van der Waals surface area contributed by atoms with Crippen molar-refractivity contribution in [2.45, 2.75) is 51.1 Å². The van der Waals surface area contributed by atoms with Crippen LogP contribution in [0.25, 0.3) is 10.9 Å². The number of rotatable bonds is 8. The Morgan fingerprint density at radius 1 is 1.34 bits per heavy atom. The zero-order valence-electron chi connectivity index (χ0n) is 19.9. The Bertz CT molecular complexity index is 1220. The van der Waals surface area contributed by atoms with E-state index in [-0.39, 0.29) is 25.3 Å². The first-order valence-electron chi connectivity index (χ1n) is 11.6. The normalized spacial score (nSPS) is 19.5. The number of benzene rings is 1. The van der Waals surface area contributed by atoms with Crippen molar-refractivity contribution in [2.75, 3.05) is 13.1 Å². The Hall–Kier alpha value is -3.24. The van der Waals surface area contributed by atoms with Gasteiger partial charge < -0.3 is 26.0 Å². The Morgan fingerprint density at radius 3 is 2.80 bits per heavy atom. The minimum Gasteiger partial charge on any atom is -0.481 e. The molecule has 10 heteroatoms. The van der Waals surface area contributed by atoms with Crippen LogP contribution in [0.15, 0.2) is 41.4 Å². The molecular formula is C25H31N5O4S. The molecule has 0 radical (unpaired) electrons. The Balaban J connectivity index is 1.61. The van der Waals surface area contributed by atoms with Crippen molar-refractivity contribution in [3.8, 4) is 0 Å². The summed E-state index contributed by atoms with van der Waals surface area (Å²) in [5.74, 6) is -1.69. The summed E-state index contributed by atoms with van der Waals surface area (Å²) in [5, 5.41) is 15.8. The molecule has 1 aromatic carbocycles. The second-order valence-electron chi connectivity index (χ2n) is 9.92. The van der Waals surface area contributed by atoms with Gasteiger partial charge in [0.1, 0.15) is 6.04 Å². The number of hydrogen-bond donors (Lipinski definition) is 4. The number of para-hydroxylation sites is 1. The van der Waals surface area contributed by atoms with E-state index in [0.29, 0.717) is 25.1 Å². The summed E-state index contributed by atoms with van der Waals surface area (Å²) >= 11 is 1.42. The second kappa shape index (κ2) is 9.79. The molecule has 0 bridgehead atoms. The Morgan fingerprint density at radius 2 is 2.11 bits per heavy atom. The molecule has 5 N–H and O–H groups in total. The van der Waals surface area contributed by atoms with E-state index in [1.165, 1.54) is 11.3 Å². The lowest BCUT2D eigenvalue weighted by atomic mass is 9.76. The van der Waals surface area contributed by atoms with E-state index in [2.05, 4.69) is 15.3 Å². The number of amides is 2. The smallest absolute Gasteiger partial charge is 0.311 e. The molecule has 0 saturated carbocycles. The van der Waals surface area contributed by atoms with Crippen LogP contribution in [-0.2, 0) is 27.2 Å². The first-order valence-corrected chi connectivity index (χ1v) is 12.6. The molecule has 1 fully saturated rings. The molecule has 9 nitrogen and oxygen atoms in total. The first-order chi connectivity index (χ1) is 16.6. The Labute approximate surface area is 207 Å². The summed E-state index contributed by atoms with van der Waals surface area (Å²) in [6.45, 7) is 3.65. The molecule has 35 heavy (non-hydrogen) atoms. The van der Waals surface area contributed by atoms with Crippen LogP contribution in [0.2, 0.25) is 0 Å². The van der Waals surface area contributed by atoms with Crippen LogP contribution in [0.3, 0.4) is 0 Å². The molecule has 3 heterocycles. The fourth-order valence-electron chi connectivity index (χ4n) is 4.67. The van der Waals surface area contributed by atoms with Gasteiger partial charge in [-0.05, 0) is 38.3 Å². The fourth-order valence-corrected chi connectivity index (χ4v) is 5.23. The average Bonchev–Trinajstić information content (AvgIpc) is 3.47. The van der Waals surface area contributed by atoms with E-state index < -0.39 is 28.9 Å². The number of piperidine rings is 1. The topological polar surface area (TPSA) is 141 Å². The number of carbonyl (C=O) groups excluding carboxylic acids is 2. The van der Waals surface area contributed by atoms with E-state index >= 15 is 0 Å². The third-order valence-electron chi connectivity index (χ3n) is 6.63. The van der Waals surface area contributed by atoms with Gasteiger partial charge >= 0.3 is 5.97 Å². The number of nitrogens with zero attached hydrogens (tertiary/aromatic N) is 2. The maximum Gasteiger partial charge on any atom is 0.311 e. The number of nitrogens with one attached hydrogen (secondary N) is 2. The number of carbonyl (C=O) groups is 3. The maximum absolute atomic E-state index is 13.8. The third kappa shape index (κ3) is 5.38. The third-order valence-corrected chi connectivity index (χ3v) is 7.27. The number of aromatic amines is 1. The summed E-state index contributed by atoms with van der Waals surface area (Å²) in [4.78, 5) is 48.0. The molecule has 0 unspecified atom stereocenters. The molecule has 0 aliphatic carbocycles. The van der Waals surface area contributed by atoms with E-state index in [9.17, 15) is 19.5 Å². The molecule has 3 aromatic rings.